The second kappa shape index (κ2) is 10.00. The number of H-pyrrole nitrogens is 1. The van der Waals surface area contributed by atoms with Crippen LogP contribution in [0, 0.1) is 11.6 Å². The Hall–Kier alpha value is -4.52. The number of pyridine rings is 1. The van der Waals surface area contributed by atoms with Crippen LogP contribution in [0.2, 0.25) is 0 Å². The maximum atomic E-state index is 14.0. The van der Waals surface area contributed by atoms with Crippen LogP contribution in [0.4, 0.5) is 8.78 Å². The number of nitrogens with one attached hydrogen (secondary N) is 2. The lowest BCUT2D eigenvalue weighted by atomic mass is 9.95. The monoisotopic (exact) mass is 483 g/mol. The molecule has 1 atom stereocenters. The molecule has 0 aliphatic heterocycles. The van der Waals surface area contributed by atoms with Gasteiger partial charge in [-0.15, -0.1) is 0 Å². The first-order valence-electron chi connectivity index (χ1n) is 11.5. The van der Waals surface area contributed by atoms with Crippen LogP contribution in [-0.2, 0) is 17.6 Å². The molecule has 180 valence electrons. The van der Waals surface area contributed by atoms with Crippen LogP contribution in [0.5, 0.6) is 5.75 Å². The van der Waals surface area contributed by atoms with Crippen molar-refractivity contribution in [3.8, 4) is 16.9 Å². The Morgan fingerprint density at radius 1 is 0.972 bits per heavy atom. The maximum Gasteiger partial charge on any atom is 0.225 e. The number of phenols is 1. The third-order valence-corrected chi connectivity index (χ3v) is 6.05. The summed E-state index contributed by atoms with van der Waals surface area (Å²) in [6.07, 6.45) is 3.56. The maximum absolute atomic E-state index is 14.0. The molecule has 0 saturated carbocycles. The van der Waals surface area contributed by atoms with Crippen LogP contribution in [-0.4, -0.2) is 21.0 Å². The molecule has 7 heteroatoms. The summed E-state index contributed by atoms with van der Waals surface area (Å²) in [5, 5.41) is 13.6. The largest absolute Gasteiger partial charge is 0.508 e. The van der Waals surface area contributed by atoms with Crippen LogP contribution in [0.15, 0.2) is 91.3 Å². The highest BCUT2D eigenvalue weighted by atomic mass is 19.1. The van der Waals surface area contributed by atoms with E-state index in [2.05, 4.69) is 15.3 Å². The van der Waals surface area contributed by atoms with E-state index in [0.717, 1.165) is 33.7 Å². The minimum Gasteiger partial charge on any atom is -0.508 e. The highest BCUT2D eigenvalue weighted by molar-refractivity contribution is 5.90. The summed E-state index contributed by atoms with van der Waals surface area (Å²) in [7, 11) is 0. The SMILES string of the molecule is O=C(Cc1c[nH]c2ccc(O)cc12)N[C@@H](Cc1cc(F)cc(F)c1)c1ncccc1-c1ccccc1. The van der Waals surface area contributed by atoms with Gasteiger partial charge in [-0.1, -0.05) is 36.4 Å². The van der Waals surface area contributed by atoms with Gasteiger partial charge in [0.15, 0.2) is 0 Å². The van der Waals surface area contributed by atoms with Gasteiger partial charge in [0.1, 0.15) is 17.4 Å². The molecule has 0 unspecified atom stereocenters. The van der Waals surface area contributed by atoms with E-state index in [0.29, 0.717) is 11.3 Å². The number of fused-ring (bicyclic) bond motifs is 1. The van der Waals surface area contributed by atoms with Crippen molar-refractivity contribution in [3.63, 3.8) is 0 Å². The number of amides is 1. The lowest BCUT2D eigenvalue weighted by molar-refractivity contribution is -0.121. The molecule has 36 heavy (non-hydrogen) atoms. The van der Waals surface area contributed by atoms with E-state index in [1.54, 1.807) is 30.6 Å². The van der Waals surface area contributed by atoms with Crippen molar-refractivity contribution in [2.75, 3.05) is 0 Å². The number of hydrogen-bond donors (Lipinski definition) is 3. The van der Waals surface area contributed by atoms with Crippen LogP contribution in [0.25, 0.3) is 22.0 Å². The van der Waals surface area contributed by atoms with Gasteiger partial charge in [-0.3, -0.25) is 9.78 Å². The number of carbonyl (C=O) groups is 1. The Morgan fingerprint density at radius 3 is 2.53 bits per heavy atom. The van der Waals surface area contributed by atoms with Crippen molar-refractivity contribution in [2.24, 2.45) is 0 Å². The van der Waals surface area contributed by atoms with E-state index in [1.807, 2.05) is 42.5 Å². The van der Waals surface area contributed by atoms with Gasteiger partial charge in [0.05, 0.1) is 18.2 Å². The van der Waals surface area contributed by atoms with Crippen molar-refractivity contribution in [3.05, 3.63) is 120 Å². The minimum absolute atomic E-state index is 0.0466. The zero-order valence-corrected chi connectivity index (χ0v) is 19.2. The van der Waals surface area contributed by atoms with Crippen molar-refractivity contribution in [1.29, 1.82) is 0 Å². The second-order valence-corrected chi connectivity index (χ2v) is 8.62. The molecule has 0 aliphatic carbocycles. The average molecular weight is 484 g/mol. The smallest absolute Gasteiger partial charge is 0.225 e. The molecule has 0 spiro atoms. The third-order valence-electron chi connectivity index (χ3n) is 6.05. The van der Waals surface area contributed by atoms with Crippen LogP contribution in [0.3, 0.4) is 0 Å². The molecule has 0 saturated heterocycles. The molecule has 2 aromatic heterocycles. The van der Waals surface area contributed by atoms with E-state index >= 15 is 0 Å². The van der Waals surface area contributed by atoms with E-state index in [1.165, 1.54) is 12.1 Å². The lowest BCUT2D eigenvalue weighted by Crippen LogP contribution is -2.32. The van der Waals surface area contributed by atoms with Crippen LogP contribution < -0.4 is 5.32 Å². The Balaban J connectivity index is 1.49. The summed E-state index contributed by atoms with van der Waals surface area (Å²) in [6.45, 7) is 0. The number of phenolic OH excluding ortho intramolecular Hbond substituents is 1. The fourth-order valence-electron chi connectivity index (χ4n) is 4.47. The topological polar surface area (TPSA) is 78.0 Å². The number of aromatic amines is 1. The standard InChI is InChI=1S/C29H23F2N3O2/c30-21-11-18(12-22(31)15-21)13-27(29-24(7-4-10-32-29)19-5-2-1-3-6-19)34-28(36)14-20-17-33-26-9-8-23(35)16-25(20)26/h1-12,15-17,27,33,35H,13-14H2,(H,34,36)/t27-/m0/s1. The van der Waals surface area contributed by atoms with Crippen LogP contribution in [0.1, 0.15) is 22.9 Å². The van der Waals surface area contributed by atoms with Gasteiger partial charge in [0.2, 0.25) is 5.91 Å². The summed E-state index contributed by atoms with van der Waals surface area (Å²) < 4.78 is 27.9. The fraction of sp³-hybridized carbons (Fsp3) is 0.103. The summed E-state index contributed by atoms with van der Waals surface area (Å²) >= 11 is 0. The summed E-state index contributed by atoms with van der Waals surface area (Å²) in [5.41, 5.74) is 4.25. The Kier molecular flexibility index (Phi) is 6.45. The first kappa shape index (κ1) is 23.2. The summed E-state index contributed by atoms with van der Waals surface area (Å²) in [4.78, 5) is 20.9. The van der Waals surface area contributed by atoms with Gasteiger partial charge in [-0.05, 0) is 59.5 Å². The number of carbonyl (C=O) groups excluding carboxylic acids is 1. The fourth-order valence-corrected chi connectivity index (χ4v) is 4.47. The Morgan fingerprint density at radius 2 is 1.75 bits per heavy atom. The number of benzene rings is 3. The second-order valence-electron chi connectivity index (χ2n) is 8.62. The molecule has 2 heterocycles. The van der Waals surface area contributed by atoms with Gasteiger partial charge < -0.3 is 15.4 Å². The number of aromatic hydroxyl groups is 1. The van der Waals surface area contributed by atoms with Crippen molar-refractivity contribution in [1.82, 2.24) is 15.3 Å². The Bertz CT molecular complexity index is 1510. The lowest BCUT2D eigenvalue weighted by Gasteiger charge is -2.21. The van der Waals surface area contributed by atoms with Crippen molar-refractivity contribution in [2.45, 2.75) is 18.9 Å². The predicted octanol–water partition coefficient (Wildman–Crippen LogP) is 5.86. The predicted molar refractivity (Wildman–Crippen MR) is 134 cm³/mol. The van der Waals surface area contributed by atoms with Gasteiger partial charge in [0.25, 0.3) is 0 Å². The van der Waals surface area contributed by atoms with Crippen LogP contribution >= 0.6 is 0 Å². The number of halogens is 2. The van der Waals surface area contributed by atoms with E-state index in [9.17, 15) is 18.7 Å². The number of nitrogens with zero attached hydrogens (tertiary/aromatic N) is 1. The molecular formula is C29H23F2N3O2. The first-order valence-corrected chi connectivity index (χ1v) is 11.5. The normalized spacial score (nSPS) is 11.9. The summed E-state index contributed by atoms with van der Waals surface area (Å²) in [6, 6.07) is 21.0. The zero-order chi connectivity index (χ0) is 25.1. The average Bonchev–Trinajstić information content (AvgIpc) is 3.25. The number of rotatable bonds is 7. The van der Waals surface area contributed by atoms with Crippen molar-refractivity contribution >= 4 is 16.8 Å². The van der Waals surface area contributed by atoms with Gasteiger partial charge >= 0.3 is 0 Å². The van der Waals surface area contributed by atoms with Gasteiger partial charge in [-0.25, -0.2) is 8.78 Å². The molecule has 0 radical (unpaired) electrons. The molecule has 5 nitrogen and oxygen atoms in total. The molecule has 3 N–H and O–H groups in total. The highest BCUT2D eigenvalue weighted by Gasteiger charge is 2.22. The first-order chi connectivity index (χ1) is 17.5. The zero-order valence-electron chi connectivity index (χ0n) is 19.2. The van der Waals surface area contributed by atoms with Gasteiger partial charge in [0, 0.05) is 34.9 Å². The molecule has 5 aromatic rings. The summed E-state index contributed by atoms with van der Waals surface area (Å²) in [5.74, 6) is -1.54. The van der Waals surface area contributed by atoms with E-state index in [-0.39, 0.29) is 24.5 Å². The molecule has 5 rings (SSSR count). The van der Waals surface area contributed by atoms with E-state index in [4.69, 9.17) is 0 Å². The number of hydrogen-bond acceptors (Lipinski definition) is 3. The third kappa shape index (κ3) is 5.10. The highest BCUT2D eigenvalue weighted by Crippen LogP contribution is 2.29. The minimum atomic E-state index is -0.682. The van der Waals surface area contributed by atoms with Crippen molar-refractivity contribution < 1.29 is 18.7 Å². The molecule has 0 fully saturated rings. The van der Waals surface area contributed by atoms with Gasteiger partial charge in [-0.2, -0.15) is 0 Å². The molecule has 0 aliphatic rings. The molecule has 0 bridgehead atoms. The van der Waals surface area contributed by atoms with E-state index < -0.39 is 17.7 Å². The number of aromatic nitrogens is 2. The molecule has 1 amide bonds. The molecular weight excluding hydrogens is 460 g/mol. The molecule has 3 aromatic carbocycles. The quantitative estimate of drug-likeness (QED) is 0.272. The Labute approximate surface area is 206 Å².